The first-order valence-corrected chi connectivity index (χ1v) is 10.0. The number of carbonyl (C=O) groups excluding carboxylic acids is 1. The van der Waals surface area contributed by atoms with Crippen molar-refractivity contribution in [2.75, 3.05) is 12.1 Å². The summed E-state index contributed by atoms with van der Waals surface area (Å²) in [4.78, 5) is 12.8. The molecule has 1 amide bonds. The number of fused-ring (bicyclic) bond motifs is 2. The molecule has 3 aromatic rings. The number of hydrogen-bond acceptors (Lipinski definition) is 5. The van der Waals surface area contributed by atoms with Gasteiger partial charge in [-0.1, -0.05) is 24.1 Å². The fourth-order valence-corrected chi connectivity index (χ4v) is 3.97. The third-order valence-electron chi connectivity index (χ3n) is 5.22. The largest absolute Gasteiger partial charge is 0.454 e. The van der Waals surface area contributed by atoms with Crippen molar-refractivity contribution >= 4 is 23.2 Å². The number of anilines is 1. The van der Waals surface area contributed by atoms with Gasteiger partial charge in [-0.3, -0.25) is 4.79 Å². The fraction of sp³-hybridized carbons (Fsp3) is 0.286. The third kappa shape index (κ3) is 3.31. The number of nitrogens with one attached hydrogen (secondary N) is 1. The highest BCUT2D eigenvalue weighted by molar-refractivity contribution is 6.33. The molecule has 29 heavy (non-hydrogen) atoms. The second-order valence-electron chi connectivity index (χ2n) is 7.09. The zero-order valence-electron chi connectivity index (χ0n) is 15.7. The maximum absolute atomic E-state index is 12.8. The van der Waals surface area contributed by atoms with Crippen molar-refractivity contribution in [2.24, 2.45) is 0 Å². The van der Waals surface area contributed by atoms with Crippen LogP contribution < -0.4 is 14.8 Å². The molecule has 0 radical (unpaired) electrons. The Morgan fingerprint density at radius 3 is 2.97 bits per heavy atom. The van der Waals surface area contributed by atoms with E-state index in [1.165, 1.54) is 6.42 Å². The van der Waals surface area contributed by atoms with Gasteiger partial charge in [0, 0.05) is 24.2 Å². The highest BCUT2D eigenvalue weighted by Gasteiger charge is 2.23. The minimum absolute atomic E-state index is 0.114. The quantitative estimate of drug-likeness (QED) is 0.696. The summed E-state index contributed by atoms with van der Waals surface area (Å²) < 4.78 is 12.9. The van der Waals surface area contributed by atoms with Gasteiger partial charge >= 0.3 is 0 Å². The predicted molar refractivity (Wildman–Crippen MR) is 109 cm³/mol. The Morgan fingerprint density at radius 2 is 2.03 bits per heavy atom. The fourth-order valence-electron chi connectivity index (χ4n) is 3.77. The molecule has 1 N–H and O–H groups in total. The van der Waals surface area contributed by atoms with Gasteiger partial charge in [-0.25, -0.2) is 0 Å². The highest BCUT2D eigenvalue weighted by atomic mass is 35.5. The van der Waals surface area contributed by atoms with Crippen molar-refractivity contribution in [3.63, 3.8) is 0 Å². The van der Waals surface area contributed by atoms with Crippen LogP contribution in [0.3, 0.4) is 0 Å². The molecule has 2 aromatic carbocycles. The van der Waals surface area contributed by atoms with E-state index in [0.29, 0.717) is 27.8 Å². The van der Waals surface area contributed by atoms with Crippen LogP contribution in [0.2, 0.25) is 5.02 Å². The molecule has 0 aliphatic carbocycles. The van der Waals surface area contributed by atoms with Crippen LogP contribution in [-0.4, -0.2) is 27.5 Å². The van der Waals surface area contributed by atoms with Crippen molar-refractivity contribution in [3.8, 4) is 22.9 Å². The maximum atomic E-state index is 12.8. The van der Waals surface area contributed by atoms with E-state index in [0.717, 1.165) is 43.0 Å². The number of carbonyl (C=O) groups is 1. The van der Waals surface area contributed by atoms with Crippen LogP contribution in [0.1, 0.15) is 35.4 Å². The molecular formula is C21H19ClN4O3. The van der Waals surface area contributed by atoms with Gasteiger partial charge in [0.15, 0.2) is 17.3 Å². The standard InChI is InChI=1S/C21H19ClN4O3/c22-16-9-8-13(23-21(27)14-5-4-6-17-19(14)29-12-28-17)11-15(16)20-25-24-18-7-2-1-3-10-26(18)20/h4-6,8-9,11H,1-3,7,10,12H2,(H,23,27). The van der Waals surface area contributed by atoms with Gasteiger partial charge in [-0.05, 0) is 43.2 Å². The van der Waals surface area contributed by atoms with Crippen LogP contribution in [0, 0.1) is 0 Å². The van der Waals surface area contributed by atoms with E-state index in [9.17, 15) is 4.79 Å². The van der Waals surface area contributed by atoms with Crippen molar-refractivity contribution in [1.29, 1.82) is 0 Å². The van der Waals surface area contributed by atoms with Crippen molar-refractivity contribution in [1.82, 2.24) is 14.8 Å². The second-order valence-corrected chi connectivity index (χ2v) is 7.50. The van der Waals surface area contributed by atoms with Crippen LogP contribution in [0.15, 0.2) is 36.4 Å². The molecule has 5 rings (SSSR count). The molecule has 0 fully saturated rings. The molecule has 8 heteroatoms. The van der Waals surface area contributed by atoms with E-state index in [4.69, 9.17) is 21.1 Å². The Balaban J connectivity index is 1.46. The lowest BCUT2D eigenvalue weighted by atomic mass is 10.1. The van der Waals surface area contributed by atoms with E-state index in [1.54, 1.807) is 30.3 Å². The van der Waals surface area contributed by atoms with Crippen LogP contribution >= 0.6 is 11.6 Å². The third-order valence-corrected chi connectivity index (χ3v) is 5.55. The van der Waals surface area contributed by atoms with E-state index in [1.807, 2.05) is 6.07 Å². The number of nitrogens with zero attached hydrogens (tertiary/aromatic N) is 3. The topological polar surface area (TPSA) is 78.3 Å². The molecule has 1 aromatic heterocycles. The molecule has 0 saturated heterocycles. The number of aromatic nitrogens is 3. The van der Waals surface area contributed by atoms with Gasteiger partial charge in [0.2, 0.25) is 6.79 Å². The number of hydrogen-bond donors (Lipinski definition) is 1. The number of halogens is 1. The average Bonchev–Trinajstić information content (AvgIpc) is 3.30. The van der Waals surface area contributed by atoms with Crippen LogP contribution in [0.25, 0.3) is 11.4 Å². The number of aryl methyl sites for hydroxylation is 1. The van der Waals surface area contributed by atoms with Gasteiger partial charge in [-0.2, -0.15) is 0 Å². The zero-order chi connectivity index (χ0) is 19.8. The Hall–Kier alpha value is -3.06. The summed E-state index contributed by atoms with van der Waals surface area (Å²) in [5.74, 6) is 2.48. The second kappa shape index (κ2) is 7.40. The van der Waals surface area contributed by atoms with Gasteiger partial charge in [0.1, 0.15) is 5.82 Å². The maximum Gasteiger partial charge on any atom is 0.259 e. The zero-order valence-corrected chi connectivity index (χ0v) is 16.4. The lowest BCUT2D eigenvalue weighted by Gasteiger charge is -2.12. The number of amides is 1. The summed E-state index contributed by atoms with van der Waals surface area (Å²) in [5.41, 5.74) is 1.80. The summed E-state index contributed by atoms with van der Waals surface area (Å²) >= 11 is 6.47. The summed E-state index contributed by atoms with van der Waals surface area (Å²) in [6.45, 7) is 0.987. The Labute approximate surface area is 172 Å². The first-order valence-electron chi connectivity index (χ1n) is 9.62. The van der Waals surface area contributed by atoms with Crippen LogP contribution in [0.5, 0.6) is 11.5 Å². The van der Waals surface area contributed by atoms with Crippen molar-refractivity contribution < 1.29 is 14.3 Å². The van der Waals surface area contributed by atoms with Crippen LogP contribution in [-0.2, 0) is 13.0 Å². The number of benzene rings is 2. The monoisotopic (exact) mass is 410 g/mol. The molecule has 7 nitrogen and oxygen atoms in total. The summed E-state index contributed by atoms with van der Waals surface area (Å²) in [7, 11) is 0. The lowest BCUT2D eigenvalue weighted by molar-refractivity contribution is 0.102. The Kier molecular flexibility index (Phi) is 4.60. The van der Waals surface area contributed by atoms with Gasteiger partial charge in [0.05, 0.1) is 10.6 Å². The average molecular weight is 411 g/mol. The first kappa shape index (κ1) is 18.0. The van der Waals surface area contributed by atoms with Crippen molar-refractivity contribution in [2.45, 2.75) is 32.2 Å². The van der Waals surface area contributed by atoms with Gasteiger partial charge in [0.25, 0.3) is 5.91 Å². The smallest absolute Gasteiger partial charge is 0.259 e. The highest BCUT2D eigenvalue weighted by Crippen LogP contribution is 2.36. The molecule has 2 aliphatic heterocycles. The van der Waals surface area contributed by atoms with E-state index in [-0.39, 0.29) is 12.7 Å². The van der Waals surface area contributed by atoms with Crippen molar-refractivity contribution in [3.05, 3.63) is 52.8 Å². The normalized spacial score (nSPS) is 14.9. The summed E-state index contributed by atoms with van der Waals surface area (Å²) in [6.07, 6.45) is 4.31. The van der Waals surface area contributed by atoms with E-state index >= 15 is 0 Å². The Morgan fingerprint density at radius 1 is 1.10 bits per heavy atom. The minimum atomic E-state index is -0.277. The summed E-state index contributed by atoms with van der Waals surface area (Å²) in [5, 5.41) is 12.2. The molecule has 148 valence electrons. The van der Waals surface area contributed by atoms with Crippen LogP contribution in [0.4, 0.5) is 5.69 Å². The molecule has 0 saturated carbocycles. The molecule has 0 bridgehead atoms. The SMILES string of the molecule is O=C(Nc1ccc(Cl)c(-c2nnc3n2CCCCC3)c1)c1cccc2c1OCO2. The van der Waals surface area contributed by atoms with Gasteiger partial charge in [-0.15, -0.1) is 10.2 Å². The first-order chi connectivity index (χ1) is 14.2. The predicted octanol–water partition coefficient (Wildman–Crippen LogP) is 4.31. The van der Waals surface area contributed by atoms with E-state index < -0.39 is 0 Å². The molecule has 0 atom stereocenters. The molecule has 3 heterocycles. The lowest BCUT2D eigenvalue weighted by Crippen LogP contribution is -2.13. The molecular weight excluding hydrogens is 392 g/mol. The van der Waals surface area contributed by atoms with E-state index in [2.05, 4.69) is 20.1 Å². The molecule has 2 aliphatic rings. The number of ether oxygens (including phenoxy) is 2. The van der Waals surface area contributed by atoms with Gasteiger partial charge < -0.3 is 19.4 Å². The number of para-hydroxylation sites is 1. The molecule has 0 unspecified atom stereocenters. The summed E-state index contributed by atoms with van der Waals surface area (Å²) in [6, 6.07) is 10.6. The number of rotatable bonds is 3. The molecule has 0 spiro atoms. The minimum Gasteiger partial charge on any atom is -0.454 e. The Bertz CT molecular complexity index is 1100.